The minimum Gasteiger partial charge on any atom is -0.486 e. The van der Waals surface area contributed by atoms with Crippen molar-refractivity contribution in [3.63, 3.8) is 0 Å². The minimum absolute atomic E-state index is 0.124. The molecule has 5 heteroatoms. The van der Waals surface area contributed by atoms with Gasteiger partial charge in [0.1, 0.15) is 18.8 Å². The molecule has 0 saturated heterocycles. The Morgan fingerprint density at radius 1 is 1.33 bits per heavy atom. The van der Waals surface area contributed by atoms with Crippen LogP contribution in [0.1, 0.15) is 18.9 Å². The van der Waals surface area contributed by atoms with E-state index in [-0.39, 0.29) is 25.4 Å². The van der Waals surface area contributed by atoms with E-state index in [2.05, 4.69) is 20.7 Å². The van der Waals surface area contributed by atoms with Gasteiger partial charge in [0.05, 0.1) is 6.61 Å². The molecule has 0 aromatic heterocycles. The number of ketones is 1. The highest BCUT2D eigenvalue weighted by atomic mass is 79.9. The molecule has 0 fully saturated rings. The summed E-state index contributed by atoms with van der Waals surface area (Å²) in [5.41, 5.74) is 0.924. The number of benzene rings is 1. The molecule has 0 radical (unpaired) electrons. The van der Waals surface area contributed by atoms with Crippen molar-refractivity contribution in [1.29, 1.82) is 0 Å². The van der Waals surface area contributed by atoms with Crippen molar-refractivity contribution < 1.29 is 19.1 Å². The highest BCUT2D eigenvalue weighted by Crippen LogP contribution is 2.22. The van der Waals surface area contributed by atoms with Crippen LogP contribution in [0.5, 0.6) is 5.75 Å². The molecule has 18 heavy (non-hydrogen) atoms. The topological polar surface area (TPSA) is 52.6 Å². The minimum atomic E-state index is -0.515. The Morgan fingerprint density at radius 2 is 2.06 bits per heavy atom. The van der Waals surface area contributed by atoms with Crippen LogP contribution >= 0.6 is 15.9 Å². The van der Waals surface area contributed by atoms with Crippen LogP contribution in [0, 0.1) is 6.92 Å². The first-order valence-corrected chi connectivity index (χ1v) is 6.38. The Labute approximate surface area is 114 Å². The summed E-state index contributed by atoms with van der Waals surface area (Å²) in [5, 5.41) is 0. The number of halogens is 1. The number of rotatable bonds is 6. The highest BCUT2D eigenvalue weighted by Gasteiger charge is 2.11. The van der Waals surface area contributed by atoms with E-state index in [9.17, 15) is 9.59 Å². The van der Waals surface area contributed by atoms with E-state index >= 15 is 0 Å². The third-order valence-electron chi connectivity index (χ3n) is 2.17. The number of ether oxygens (including phenoxy) is 2. The zero-order valence-corrected chi connectivity index (χ0v) is 12.0. The Bertz CT molecular complexity index is 443. The van der Waals surface area contributed by atoms with Crippen molar-refractivity contribution in [1.82, 2.24) is 0 Å². The van der Waals surface area contributed by atoms with Gasteiger partial charge in [-0.05, 0) is 37.6 Å². The van der Waals surface area contributed by atoms with E-state index in [1.165, 1.54) is 0 Å². The lowest BCUT2D eigenvalue weighted by atomic mass is 10.2. The maximum atomic E-state index is 11.4. The average Bonchev–Trinajstić information content (AvgIpc) is 2.28. The van der Waals surface area contributed by atoms with E-state index in [1.54, 1.807) is 13.0 Å². The van der Waals surface area contributed by atoms with Crippen molar-refractivity contribution in [3.05, 3.63) is 28.2 Å². The van der Waals surface area contributed by atoms with Crippen molar-refractivity contribution in [2.45, 2.75) is 20.3 Å². The van der Waals surface area contributed by atoms with Gasteiger partial charge in [0.2, 0.25) is 0 Å². The lowest BCUT2D eigenvalue weighted by Gasteiger charge is -2.08. The molecular weight excluding hydrogens is 300 g/mol. The molecule has 98 valence electrons. The summed E-state index contributed by atoms with van der Waals surface area (Å²) in [7, 11) is 0. The van der Waals surface area contributed by atoms with Crippen LogP contribution < -0.4 is 4.74 Å². The SMILES string of the molecule is CCOC(=O)CC(=O)COc1ccc(Br)cc1C. The number of hydrogen-bond donors (Lipinski definition) is 0. The number of aryl methyl sites for hydroxylation is 1. The van der Waals surface area contributed by atoms with Crippen LogP contribution in [0.4, 0.5) is 0 Å². The molecule has 0 aliphatic carbocycles. The fraction of sp³-hybridized carbons (Fsp3) is 0.385. The molecule has 0 unspecified atom stereocenters. The highest BCUT2D eigenvalue weighted by molar-refractivity contribution is 9.10. The summed E-state index contributed by atoms with van der Waals surface area (Å²) < 4.78 is 11.0. The van der Waals surface area contributed by atoms with Crippen molar-refractivity contribution in [3.8, 4) is 5.75 Å². The zero-order chi connectivity index (χ0) is 13.5. The second-order valence-corrected chi connectivity index (χ2v) is 4.63. The largest absolute Gasteiger partial charge is 0.486 e. The van der Waals surface area contributed by atoms with Gasteiger partial charge in [-0.1, -0.05) is 15.9 Å². The molecule has 1 aromatic carbocycles. The van der Waals surface area contributed by atoms with Crippen molar-refractivity contribution in [2.24, 2.45) is 0 Å². The van der Waals surface area contributed by atoms with Gasteiger partial charge in [0, 0.05) is 4.47 Å². The van der Waals surface area contributed by atoms with Gasteiger partial charge in [-0.25, -0.2) is 0 Å². The summed E-state index contributed by atoms with van der Waals surface area (Å²) in [6, 6.07) is 5.50. The monoisotopic (exact) mass is 314 g/mol. The Hall–Kier alpha value is -1.36. The molecule has 0 spiro atoms. The number of esters is 1. The van der Waals surface area contributed by atoms with E-state index in [1.807, 2.05) is 19.1 Å². The van der Waals surface area contributed by atoms with Crippen LogP contribution in [-0.2, 0) is 14.3 Å². The maximum Gasteiger partial charge on any atom is 0.313 e. The molecule has 0 atom stereocenters. The Morgan fingerprint density at radius 3 is 2.67 bits per heavy atom. The van der Waals surface area contributed by atoms with Gasteiger partial charge in [0.15, 0.2) is 5.78 Å². The van der Waals surface area contributed by atoms with Crippen molar-refractivity contribution >= 4 is 27.7 Å². The van der Waals surface area contributed by atoms with Gasteiger partial charge >= 0.3 is 5.97 Å². The first-order chi connectivity index (χ1) is 8.52. The second kappa shape index (κ2) is 7.16. The lowest BCUT2D eigenvalue weighted by Crippen LogP contribution is -2.17. The van der Waals surface area contributed by atoms with Crippen molar-refractivity contribution in [2.75, 3.05) is 13.2 Å². The fourth-order valence-corrected chi connectivity index (χ4v) is 1.83. The fourth-order valence-electron chi connectivity index (χ4n) is 1.36. The van der Waals surface area contributed by atoms with E-state index < -0.39 is 5.97 Å². The molecule has 0 aliphatic rings. The normalized spacial score (nSPS) is 9.94. The summed E-state index contributed by atoms with van der Waals surface area (Å²) in [6.07, 6.45) is -0.247. The average molecular weight is 315 g/mol. The number of carbonyl (C=O) groups is 2. The van der Waals surface area contributed by atoms with Crippen LogP contribution in [-0.4, -0.2) is 25.0 Å². The lowest BCUT2D eigenvalue weighted by molar-refractivity contribution is -0.145. The Kier molecular flexibility index (Phi) is 5.85. The van der Waals surface area contributed by atoms with Gasteiger partial charge in [-0.3, -0.25) is 9.59 Å². The van der Waals surface area contributed by atoms with E-state index in [0.717, 1.165) is 10.0 Å². The maximum absolute atomic E-state index is 11.4. The molecule has 0 heterocycles. The number of hydrogen-bond acceptors (Lipinski definition) is 4. The predicted octanol–water partition coefficient (Wildman–Crippen LogP) is 2.66. The van der Waals surface area contributed by atoms with E-state index in [4.69, 9.17) is 4.74 Å². The Balaban J connectivity index is 2.45. The van der Waals surface area contributed by atoms with Crippen LogP contribution in [0.2, 0.25) is 0 Å². The molecular formula is C13H15BrO4. The first-order valence-electron chi connectivity index (χ1n) is 5.59. The molecule has 0 amide bonds. The third kappa shape index (κ3) is 4.87. The quantitative estimate of drug-likeness (QED) is 0.598. The molecule has 0 saturated carbocycles. The molecule has 0 aliphatic heterocycles. The standard InChI is InChI=1S/C13H15BrO4/c1-3-17-13(16)7-11(15)8-18-12-5-4-10(14)6-9(12)2/h4-6H,3,7-8H2,1-2H3. The third-order valence-corrected chi connectivity index (χ3v) is 2.67. The van der Waals surface area contributed by atoms with Crippen LogP contribution in [0.15, 0.2) is 22.7 Å². The van der Waals surface area contributed by atoms with E-state index in [0.29, 0.717) is 5.75 Å². The van der Waals surface area contributed by atoms with Gasteiger partial charge in [-0.2, -0.15) is 0 Å². The molecule has 0 bridgehead atoms. The first kappa shape index (κ1) is 14.7. The molecule has 1 aromatic rings. The summed E-state index contributed by atoms with van der Waals surface area (Å²) in [4.78, 5) is 22.5. The molecule has 1 rings (SSSR count). The van der Waals surface area contributed by atoms with Crippen LogP contribution in [0.3, 0.4) is 0 Å². The summed E-state index contributed by atoms with van der Waals surface area (Å²) >= 11 is 3.34. The zero-order valence-electron chi connectivity index (χ0n) is 10.4. The van der Waals surface area contributed by atoms with Gasteiger partial charge in [0.25, 0.3) is 0 Å². The molecule has 4 nitrogen and oxygen atoms in total. The number of Topliss-reactive ketones (excluding diaryl/α,β-unsaturated/α-hetero) is 1. The van der Waals surface area contributed by atoms with Crippen LogP contribution in [0.25, 0.3) is 0 Å². The predicted molar refractivity (Wildman–Crippen MR) is 70.6 cm³/mol. The second-order valence-electron chi connectivity index (χ2n) is 3.72. The summed E-state index contributed by atoms with van der Waals surface area (Å²) in [6.45, 7) is 3.74. The summed E-state index contributed by atoms with van der Waals surface area (Å²) in [5.74, 6) is -0.176. The van der Waals surface area contributed by atoms with Gasteiger partial charge < -0.3 is 9.47 Å². The number of carbonyl (C=O) groups excluding carboxylic acids is 2. The smallest absolute Gasteiger partial charge is 0.313 e. The molecule has 0 N–H and O–H groups in total. The van der Waals surface area contributed by atoms with Gasteiger partial charge in [-0.15, -0.1) is 0 Å².